The molecule has 1 N–H and O–H groups in total. The third-order valence-electron chi connectivity index (χ3n) is 3.54. The predicted molar refractivity (Wildman–Crippen MR) is 90.7 cm³/mol. The van der Waals surface area contributed by atoms with Crippen LogP contribution in [0.25, 0.3) is 6.08 Å². The van der Waals surface area contributed by atoms with E-state index in [-0.39, 0.29) is 11.4 Å². The Morgan fingerprint density at radius 2 is 2.04 bits per heavy atom. The molecular formula is C18H11FN2O3S. The second-order valence-corrected chi connectivity index (χ2v) is 6.28. The molecule has 0 radical (unpaired) electrons. The van der Waals surface area contributed by atoms with Crippen LogP contribution in [0.15, 0.2) is 47.4 Å². The molecule has 2 aromatic carbocycles. The van der Waals surface area contributed by atoms with Gasteiger partial charge in [-0.25, -0.2) is 4.39 Å². The van der Waals surface area contributed by atoms with E-state index in [0.717, 1.165) is 22.7 Å². The van der Waals surface area contributed by atoms with E-state index in [1.54, 1.807) is 24.3 Å². The van der Waals surface area contributed by atoms with Crippen LogP contribution in [-0.4, -0.2) is 21.2 Å². The van der Waals surface area contributed by atoms with Gasteiger partial charge in [0.1, 0.15) is 0 Å². The lowest BCUT2D eigenvalue weighted by Gasteiger charge is -2.12. The number of thioether (sulfide) groups is 1. The lowest BCUT2D eigenvalue weighted by atomic mass is 10.1. The predicted octanol–water partition coefficient (Wildman–Crippen LogP) is 3.64. The van der Waals surface area contributed by atoms with Gasteiger partial charge in [-0.05, 0) is 53.2 Å². The molecule has 5 nitrogen and oxygen atoms in total. The Labute approximate surface area is 147 Å². The minimum absolute atomic E-state index is 0.0617. The molecule has 1 aliphatic heterocycles. The first kappa shape index (κ1) is 16.7. The largest absolute Gasteiger partial charge is 0.505 e. The molecule has 0 atom stereocenters. The molecule has 0 bridgehead atoms. The van der Waals surface area contributed by atoms with E-state index in [4.69, 9.17) is 5.26 Å². The van der Waals surface area contributed by atoms with Crippen molar-refractivity contribution in [3.05, 3.63) is 69.9 Å². The SMILES string of the molecule is N#Cc1cccc(CN2C(=O)SC(=Cc3ccc(F)c(O)c3)C2=O)c1. The van der Waals surface area contributed by atoms with Crippen LogP contribution in [0.5, 0.6) is 5.75 Å². The van der Waals surface area contributed by atoms with Gasteiger partial charge in [-0.1, -0.05) is 18.2 Å². The van der Waals surface area contributed by atoms with Crippen molar-refractivity contribution in [1.29, 1.82) is 5.26 Å². The third-order valence-corrected chi connectivity index (χ3v) is 4.45. The fourth-order valence-electron chi connectivity index (χ4n) is 2.33. The molecule has 2 aromatic rings. The molecule has 0 aliphatic carbocycles. The number of aromatic hydroxyl groups is 1. The Balaban J connectivity index is 1.83. The van der Waals surface area contributed by atoms with Gasteiger partial charge in [-0.15, -0.1) is 0 Å². The maximum absolute atomic E-state index is 13.1. The number of rotatable bonds is 3. The number of nitrogens with zero attached hydrogens (tertiary/aromatic N) is 2. The zero-order valence-electron chi connectivity index (χ0n) is 12.8. The lowest BCUT2D eigenvalue weighted by molar-refractivity contribution is -0.123. The van der Waals surface area contributed by atoms with Gasteiger partial charge in [-0.3, -0.25) is 14.5 Å². The van der Waals surface area contributed by atoms with E-state index >= 15 is 0 Å². The number of nitriles is 1. The molecule has 7 heteroatoms. The summed E-state index contributed by atoms with van der Waals surface area (Å²) in [6, 6.07) is 12.3. The van der Waals surface area contributed by atoms with Crippen LogP contribution in [0.2, 0.25) is 0 Å². The zero-order chi connectivity index (χ0) is 18.0. The Hall–Kier alpha value is -3.11. The average Bonchev–Trinajstić information content (AvgIpc) is 2.86. The number of carbonyl (C=O) groups is 2. The van der Waals surface area contributed by atoms with E-state index in [2.05, 4.69) is 0 Å². The first-order valence-corrected chi connectivity index (χ1v) is 8.02. The van der Waals surface area contributed by atoms with E-state index in [1.807, 2.05) is 6.07 Å². The Bertz CT molecular complexity index is 950. The van der Waals surface area contributed by atoms with Crippen molar-refractivity contribution in [2.24, 2.45) is 0 Å². The highest BCUT2D eigenvalue weighted by atomic mass is 32.2. The van der Waals surface area contributed by atoms with Crippen molar-refractivity contribution in [1.82, 2.24) is 4.90 Å². The summed E-state index contributed by atoms with van der Waals surface area (Å²) in [7, 11) is 0. The van der Waals surface area contributed by atoms with Gasteiger partial charge in [0.25, 0.3) is 11.1 Å². The highest BCUT2D eigenvalue weighted by Gasteiger charge is 2.35. The highest BCUT2D eigenvalue weighted by Crippen LogP contribution is 2.33. The van der Waals surface area contributed by atoms with E-state index in [0.29, 0.717) is 16.7 Å². The third kappa shape index (κ3) is 3.54. The highest BCUT2D eigenvalue weighted by molar-refractivity contribution is 8.18. The number of benzene rings is 2. The van der Waals surface area contributed by atoms with Crippen LogP contribution in [0.1, 0.15) is 16.7 Å². The van der Waals surface area contributed by atoms with Gasteiger partial charge in [0, 0.05) is 0 Å². The van der Waals surface area contributed by atoms with Crippen LogP contribution in [0, 0.1) is 17.1 Å². The van der Waals surface area contributed by atoms with Crippen LogP contribution in [0.3, 0.4) is 0 Å². The molecule has 0 aromatic heterocycles. The summed E-state index contributed by atoms with van der Waals surface area (Å²) in [6.45, 7) is 0.0617. The summed E-state index contributed by atoms with van der Waals surface area (Å²) in [4.78, 5) is 25.8. The summed E-state index contributed by atoms with van der Waals surface area (Å²) in [5.41, 5.74) is 1.53. The minimum Gasteiger partial charge on any atom is -0.505 e. The molecule has 0 saturated carbocycles. The number of amides is 2. The number of halogens is 1. The van der Waals surface area contributed by atoms with Crippen LogP contribution >= 0.6 is 11.8 Å². The Kier molecular flexibility index (Phi) is 4.55. The summed E-state index contributed by atoms with van der Waals surface area (Å²) in [5, 5.41) is 17.9. The van der Waals surface area contributed by atoms with E-state index in [9.17, 15) is 19.1 Å². The Morgan fingerprint density at radius 3 is 2.76 bits per heavy atom. The van der Waals surface area contributed by atoms with Crippen molar-refractivity contribution < 1.29 is 19.1 Å². The summed E-state index contributed by atoms with van der Waals surface area (Å²) < 4.78 is 13.1. The van der Waals surface area contributed by atoms with Crippen molar-refractivity contribution in [3.63, 3.8) is 0 Å². The normalized spacial score (nSPS) is 15.7. The molecule has 124 valence electrons. The topological polar surface area (TPSA) is 81.4 Å². The van der Waals surface area contributed by atoms with E-state index < -0.39 is 22.7 Å². The van der Waals surface area contributed by atoms with Crippen molar-refractivity contribution in [2.75, 3.05) is 0 Å². The van der Waals surface area contributed by atoms with Crippen LogP contribution in [-0.2, 0) is 11.3 Å². The maximum Gasteiger partial charge on any atom is 0.293 e. The first-order valence-electron chi connectivity index (χ1n) is 7.21. The maximum atomic E-state index is 13.1. The standard InChI is InChI=1S/C18H11FN2O3S/c19-14-5-4-11(7-15(14)22)8-16-17(23)21(18(24)25-16)10-13-3-1-2-12(6-13)9-20/h1-8,22H,10H2. The summed E-state index contributed by atoms with van der Waals surface area (Å²) >= 11 is 0.774. The van der Waals surface area contributed by atoms with Gasteiger partial charge in [0.15, 0.2) is 11.6 Å². The van der Waals surface area contributed by atoms with Gasteiger partial charge < -0.3 is 5.11 Å². The average molecular weight is 354 g/mol. The molecule has 1 heterocycles. The molecule has 3 rings (SSSR count). The molecule has 1 aliphatic rings. The molecule has 1 saturated heterocycles. The monoisotopic (exact) mass is 354 g/mol. The van der Waals surface area contributed by atoms with E-state index in [1.165, 1.54) is 18.2 Å². The first-order chi connectivity index (χ1) is 12.0. The van der Waals surface area contributed by atoms with Gasteiger partial charge in [-0.2, -0.15) is 5.26 Å². The van der Waals surface area contributed by atoms with Gasteiger partial charge in [0.05, 0.1) is 23.1 Å². The van der Waals surface area contributed by atoms with Crippen LogP contribution < -0.4 is 0 Å². The van der Waals surface area contributed by atoms with Crippen LogP contribution in [0.4, 0.5) is 9.18 Å². The van der Waals surface area contributed by atoms with Crippen molar-refractivity contribution in [2.45, 2.75) is 6.54 Å². The second kappa shape index (κ2) is 6.79. The number of hydrogen-bond donors (Lipinski definition) is 1. The molecule has 0 spiro atoms. The number of imide groups is 1. The number of phenolic OH excluding ortho intramolecular Hbond substituents is 1. The summed E-state index contributed by atoms with van der Waals surface area (Å²) in [5.74, 6) is -1.76. The molecular weight excluding hydrogens is 343 g/mol. The zero-order valence-corrected chi connectivity index (χ0v) is 13.6. The second-order valence-electron chi connectivity index (χ2n) is 5.29. The fraction of sp³-hybridized carbons (Fsp3) is 0.0556. The molecule has 2 amide bonds. The van der Waals surface area contributed by atoms with Crippen molar-refractivity contribution >= 4 is 29.0 Å². The molecule has 1 fully saturated rings. The van der Waals surface area contributed by atoms with Gasteiger partial charge >= 0.3 is 0 Å². The smallest absolute Gasteiger partial charge is 0.293 e. The molecule has 0 unspecified atom stereocenters. The fourth-order valence-corrected chi connectivity index (χ4v) is 3.17. The molecule has 25 heavy (non-hydrogen) atoms. The van der Waals surface area contributed by atoms with Crippen molar-refractivity contribution in [3.8, 4) is 11.8 Å². The number of carbonyl (C=O) groups excluding carboxylic acids is 2. The lowest BCUT2D eigenvalue weighted by Crippen LogP contribution is -2.27. The summed E-state index contributed by atoms with van der Waals surface area (Å²) in [6.07, 6.45) is 1.43. The quantitative estimate of drug-likeness (QED) is 0.851. The number of phenols is 1. The Morgan fingerprint density at radius 1 is 1.24 bits per heavy atom. The minimum atomic E-state index is -0.761. The number of hydrogen-bond acceptors (Lipinski definition) is 5. The van der Waals surface area contributed by atoms with Gasteiger partial charge in [0.2, 0.25) is 0 Å².